The Morgan fingerprint density at radius 1 is 1.12 bits per heavy atom. The minimum absolute atomic E-state index is 0.0110. The first-order valence-electron chi connectivity index (χ1n) is 9.30. The van der Waals surface area contributed by atoms with Crippen LogP contribution < -0.4 is 15.7 Å². The van der Waals surface area contributed by atoms with Crippen molar-refractivity contribution in [2.75, 3.05) is 12.5 Å². The predicted molar refractivity (Wildman–Crippen MR) is 115 cm³/mol. The number of nitro benzene ring substituents is 1. The Balaban J connectivity index is 1.84. The van der Waals surface area contributed by atoms with Gasteiger partial charge in [0.25, 0.3) is 11.5 Å². The summed E-state index contributed by atoms with van der Waals surface area (Å²) in [6.45, 7) is 0. The summed E-state index contributed by atoms with van der Waals surface area (Å²) in [5, 5.41) is 11.5. The molecular formula is C22H15FN4O5. The lowest BCUT2D eigenvalue weighted by Gasteiger charge is -2.15. The summed E-state index contributed by atoms with van der Waals surface area (Å²) in [4.78, 5) is 41.1. The van der Waals surface area contributed by atoms with Crippen molar-refractivity contribution in [1.29, 1.82) is 0 Å². The fourth-order valence-electron chi connectivity index (χ4n) is 3.17. The number of hydrogen-bond acceptors (Lipinski definition) is 6. The first-order chi connectivity index (χ1) is 15.4. The maximum atomic E-state index is 13.4. The highest BCUT2D eigenvalue weighted by atomic mass is 19.1. The van der Waals surface area contributed by atoms with Gasteiger partial charge in [0.05, 0.1) is 22.9 Å². The molecule has 0 saturated heterocycles. The molecule has 160 valence electrons. The van der Waals surface area contributed by atoms with Crippen molar-refractivity contribution in [3.05, 3.63) is 98.6 Å². The van der Waals surface area contributed by atoms with Gasteiger partial charge in [0.15, 0.2) is 11.6 Å². The van der Waals surface area contributed by atoms with Crippen molar-refractivity contribution < 1.29 is 18.8 Å². The van der Waals surface area contributed by atoms with Gasteiger partial charge in [-0.2, -0.15) is 4.68 Å². The van der Waals surface area contributed by atoms with Crippen LogP contribution in [-0.4, -0.2) is 27.6 Å². The van der Waals surface area contributed by atoms with Gasteiger partial charge in [0, 0.05) is 17.2 Å². The fraction of sp³-hybridized carbons (Fsp3) is 0.0455. The number of halogens is 1. The molecule has 1 aromatic heterocycles. The van der Waals surface area contributed by atoms with Crippen LogP contribution in [0.25, 0.3) is 22.3 Å². The molecule has 1 heterocycles. The topological polar surface area (TPSA) is 116 Å². The van der Waals surface area contributed by atoms with Crippen molar-refractivity contribution in [3.8, 4) is 17.1 Å². The van der Waals surface area contributed by atoms with E-state index in [0.29, 0.717) is 11.1 Å². The number of hydrogen-bond donors (Lipinski definition) is 1. The van der Waals surface area contributed by atoms with Gasteiger partial charge in [-0.1, -0.05) is 12.1 Å². The van der Waals surface area contributed by atoms with Crippen LogP contribution in [0.4, 0.5) is 10.1 Å². The summed E-state index contributed by atoms with van der Waals surface area (Å²) < 4.78 is 19.3. The minimum Gasteiger partial charge on any atom is -0.490 e. The molecule has 4 aromatic rings. The number of nitrogens with zero attached hydrogens (tertiary/aromatic N) is 3. The van der Waals surface area contributed by atoms with Crippen molar-refractivity contribution in [1.82, 2.24) is 9.66 Å². The van der Waals surface area contributed by atoms with Gasteiger partial charge in [0.1, 0.15) is 5.82 Å². The number of aromatic nitrogens is 2. The van der Waals surface area contributed by atoms with E-state index in [1.165, 1.54) is 43.5 Å². The lowest BCUT2D eigenvalue weighted by atomic mass is 10.1. The van der Waals surface area contributed by atoms with Gasteiger partial charge >= 0.3 is 5.69 Å². The van der Waals surface area contributed by atoms with Gasteiger partial charge in [-0.05, 0) is 48.5 Å². The largest absolute Gasteiger partial charge is 0.490 e. The van der Waals surface area contributed by atoms with Crippen LogP contribution in [0, 0.1) is 15.9 Å². The molecule has 0 fully saturated rings. The Kier molecular flexibility index (Phi) is 5.34. The third-order valence-electron chi connectivity index (χ3n) is 4.73. The molecule has 0 spiro atoms. The number of fused-ring (bicyclic) bond motifs is 1. The molecule has 0 radical (unpaired) electrons. The average molecular weight is 434 g/mol. The molecule has 0 saturated carbocycles. The van der Waals surface area contributed by atoms with E-state index in [-0.39, 0.29) is 22.5 Å². The van der Waals surface area contributed by atoms with E-state index in [1.807, 2.05) is 0 Å². The maximum Gasteiger partial charge on any atom is 0.311 e. The van der Waals surface area contributed by atoms with E-state index >= 15 is 0 Å². The Labute approximate surface area is 179 Å². The molecule has 1 N–H and O–H groups in total. The molecular weight excluding hydrogens is 419 g/mol. The van der Waals surface area contributed by atoms with Gasteiger partial charge in [-0.3, -0.25) is 25.1 Å². The number of rotatable bonds is 5. The van der Waals surface area contributed by atoms with E-state index in [2.05, 4.69) is 10.4 Å². The third kappa shape index (κ3) is 3.76. The van der Waals surface area contributed by atoms with Crippen molar-refractivity contribution >= 4 is 22.5 Å². The number of carbonyl (C=O) groups is 1. The van der Waals surface area contributed by atoms with Crippen LogP contribution in [0.5, 0.6) is 5.75 Å². The van der Waals surface area contributed by atoms with Crippen LogP contribution in [0.1, 0.15) is 10.4 Å². The smallest absolute Gasteiger partial charge is 0.311 e. The summed E-state index contributed by atoms with van der Waals surface area (Å²) in [6, 6.07) is 15.5. The van der Waals surface area contributed by atoms with E-state index in [4.69, 9.17) is 4.74 Å². The molecule has 0 aliphatic rings. The lowest BCUT2D eigenvalue weighted by molar-refractivity contribution is -0.385. The Morgan fingerprint density at radius 2 is 1.84 bits per heavy atom. The first-order valence-corrected chi connectivity index (χ1v) is 9.30. The van der Waals surface area contributed by atoms with Gasteiger partial charge in [0.2, 0.25) is 0 Å². The lowest BCUT2D eigenvalue weighted by Crippen LogP contribution is -2.35. The molecule has 10 heteroatoms. The van der Waals surface area contributed by atoms with Crippen molar-refractivity contribution in [2.45, 2.75) is 0 Å². The van der Waals surface area contributed by atoms with Crippen LogP contribution in [0.2, 0.25) is 0 Å². The second kappa shape index (κ2) is 8.26. The summed E-state index contributed by atoms with van der Waals surface area (Å²) in [7, 11) is 1.28. The molecule has 0 unspecified atom stereocenters. The average Bonchev–Trinajstić information content (AvgIpc) is 2.80. The van der Waals surface area contributed by atoms with Gasteiger partial charge in [-0.25, -0.2) is 9.37 Å². The first kappa shape index (κ1) is 20.7. The summed E-state index contributed by atoms with van der Waals surface area (Å²) in [6.07, 6.45) is 0. The summed E-state index contributed by atoms with van der Waals surface area (Å²) in [5.74, 6) is -1.19. The minimum atomic E-state index is -0.779. The molecule has 4 rings (SSSR count). The van der Waals surface area contributed by atoms with E-state index in [1.54, 1.807) is 24.3 Å². The van der Waals surface area contributed by atoms with Crippen molar-refractivity contribution in [3.63, 3.8) is 0 Å². The van der Waals surface area contributed by atoms with Gasteiger partial charge < -0.3 is 4.74 Å². The van der Waals surface area contributed by atoms with E-state index < -0.39 is 27.9 Å². The molecule has 3 aromatic carbocycles. The molecule has 0 atom stereocenters. The van der Waals surface area contributed by atoms with Crippen LogP contribution in [-0.2, 0) is 0 Å². The monoisotopic (exact) mass is 434 g/mol. The predicted octanol–water partition coefficient (Wildman–Crippen LogP) is 3.50. The summed E-state index contributed by atoms with van der Waals surface area (Å²) >= 11 is 0. The quantitative estimate of drug-likeness (QED) is 0.380. The number of amides is 1. The number of para-hydroxylation sites is 1. The highest BCUT2D eigenvalue weighted by molar-refractivity contribution is 6.01. The second-order valence-electron chi connectivity index (χ2n) is 6.68. The SMILES string of the molecule is COc1ccc(C(=O)Nn2c(-c3ccc(F)cc3)nc3ccccc3c2=O)cc1[N+](=O)[O-]. The van der Waals surface area contributed by atoms with Crippen LogP contribution in [0.3, 0.4) is 0 Å². The molecule has 1 amide bonds. The number of benzene rings is 3. The zero-order valence-electron chi connectivity index (χ0n) is 16.6. The maximum absolute atomic E-state index is 13.4. The molecule has 0 bridgehead atoms. The Hall–Kier alpha value is -4.60. The number of ether oxygens (including phenoxy) is 1. The molecule has 32 heavy (non-hydrogen) atoms. The van der Waals surface area contributed by atoms with Crippen molar-refractivity contribution in [2.24, 2.45) is 0 Å². The third-order valence-corrected chi connectivity index (χ3v) is 4.73. The van der Waals surface area contributed by atoms with Crippen LogP contribution in [0.15, 0.2) is 71.5 Å². The highest BCUT2D eigenvalue weighted by Crippen LogP contribution is 2.27. The fourth-order valence-corrected chi connectivity index (χ4v) is 3.17. The number of carbonyl (C=O) groups excluding carboxylic acids is 1. The van der Waals surface area contributed by atoms with Gasteiger partial charge in [-0.15, -0.1) is 0 Å². The number of nitrogens with one attached hydrogen (secondary N) is 1. The van der Waals surface area contributed by atoms with E-state index in [0.717, 1.165) is 10.7 Å². The Morgan fingerprint density at radius 3 is 2.53 bits per heavy atom. The van der Waals surface area contributed by atoms with Crippen LogP contribution >= 0.6 is 0 Å². The highest BCUT2D eigenvalue weighted by Gasteiger charge is 2.20. The van der Waals surface area contributed by atoms with E-state index in [9.17, 15) is 24.1 Å². The zero-order chi connectivity index (χ0) is 22.8. The second-order valence-corrected chi connectivity index (χ2v) is 6.68. The molecule has 0 aliphatic carbocycles. The normalized spacial score (nSPS) is 10.7. The number of nitro groups is 1. The Bertz CT molecular complexity index is 1420. The number of methoxy groups -OCH3 is 1. The molecule has 9 nitrogen and oxygen atoms in total. The molecule has 0 aliphatic heterocycles. The zero-order valence-corrected chi connectivity index (χ0v) is 16.6. The standard InChI is InChI=1S/C22H15FN4O5/c1-32-19-11-8-14(12-18(19)27(30)31)21(28)25-26-20(13-6-9-15(23)10-7-13)24-17-5-3-2-4-16(17)22(26)29/h2-12H,1H3,(H,25,28). The summed E-state index contributed by atoms with van der Waals surface area (Å²) in [5.41, 5.74) is 2.19.